The van der Waals surface area contributed by atoms with Gasteiger partial charge in [-0.15, -0.1) is 24.0 Å². The van der Waals surface area contributed by atoms with Crippen molar-refractivity contribution in [2.45, 2.75) is 39.3 Å². The summed E-state index contributed by atoms with van der Waals surface area (Å²) in [4.78, 5) is 18.5. The Kier molecular flexibility index (Phi) is 10.6. The second-order valence-electron chi connectivity index (χ2n) is 7.42. The number of guanidine groups is 1. The maximum absolute atomic E-state index is 11.9. The molecule has 1 amide bonds. The van der Waals surface area contributed by atoms with Crippen molar-refractivity contribution in [2.75, 3.05) is 26.7 Å². The van der Waals surface area contributed by atoms with Gasteiger partial charge < -0.3 is 20.3 Å². The van der Waals surface area contributed by atoms with Crippen LogP contribution in [-0.4, -0.2) is 43.5 Å². The van der Waals surface area contributed by atoms with Gasteiger partial charge in [0.15, 0.2) is 5.96 Å². The van der Waals surface area contributed by atoms with Crippen molar-refractivity contribution in [2.24, 2.45) is 4.99 Å². The highest BCUT2D eigenvalue weighted by Crippen LogP contribution is 2.17. The lowest BCUT2D eigenvalue weighted by atomic mass is 10.1. The summed E-state index contributed by atoms with van der Waals surface area (Å²) in [5, 5.41) is 6.70. The van der Waals surface area contributed by atoms with Crippen LogP contribution in [-0.2, 0) is 24.3 Å². The minimum absolute atomic E-state index is 0. The molecule has 0 unspecified atom stereocenters. The normalized spacial score (nSPS) is 13.7. The first-order valence-electron chi connectivity index (χ1n) is 10.7. The van der Waals surface area contributed by atoms with Gasteiger partial charge in [0.1, 0.15) is 5.75 Å². The van der Waals surface area contributed by atoms with Crippen LogP contribution in [0.3, 0.4) is 0 Å². The van der Waals surface area contributed by atoms with E-state index in [0.29, 0.717) is 19.5 Å². The Morgan fingerprint density at radius 3 is 2.68 bits per heavy atom. The number of halogens is 1. The first kappa shape index (κ1) is 25.0. The number of hydrogen-bond donors (Lipinski definition) is 2. The summed E-state index contributed by atoms with van der Waals surface area (Å²) in [6.07, 6.45) is 2.50. The van der Waals surface area contributed by atoms with Gasteiger partial charge in [-0.1, -0.05) is 42.5 Å². The van der Waals surface area contributed by atoms with E-state index in [2.05, 4.69) is 41.8 Å². The fourth-order valence-corrected chi connectivity index (χ4v) is 3.66. The lowest BCUT2D eigenvalue weighted by molar-refractivity contribution is -0.128. The molecule has 0 bridgehead atoms. The quantitative estimate of drug-likeness (QED) is 0.291. The Labute approximate surface area is 202 Å². The first-order valence-corrected chi connectivity index (χ1v) is 10.7. The van der Waals surface area contributed by atoms with E-state index in [9.17, 15) is 4.79 Å². The molecule has 0 aromatic heterocycles. The number of carbonyl (C=O) groups is 1. The summed E-state index contributed by atoms with van der Waals surface area (Å²) in [5.74, 6) is 1.97. The van der Waals surface area contributed by atoms with Crippen LogP contribution in [0, 0.1) is 0 Å². The van der Waals surface area contributed by atoms with Crippen molar-refractivity contribution in [3.8, 4) is 5.75 Å². The van der Waals surface area contributed by atoms with E-state index in [1.165, 1.54) is 5.56 Å². The molecule has 0 radical (unpaired) electrons. The van der Waals surface area contributed by atoms with E-state index in [4.69, 9.17) is 9.73 Å². The van der Waals surface area contributed by atoms with E-state index in [1.54, 1.807) is 7.11 Å². The number of rotatable bonds is 9. The Morgan fingerprint density at radius 2 is 1.94 bits per heavy atom. The number of carbonyl (C=O) groups excluding carboxylic acids is 1. The number of ether oxygens (including phenoxy) is 1. The molecule has 1 saturated heterocycles. The number of nitrogens with one attached hydrogen (secondary N) is 2. The van der Waals surface area contributed by atoms with Crippen LogP contribution in [0.2, 0.25) is 0 Å². The predicted molar refractivity (Wildman–Crippen MR) is 136 cm³/mol. The number of hydrogen-bond acceptors (Lipinski definition) is 3. The van der Waals surface area contributed by atoms with E-state index in [0.717, 1.165) is 55.3 Å². The molecule has 0 atom stereocenters. The Morgan fingerprint density at radius 1 is 1.13 bits per heavy atom. The van der Waals surface area contributed by atoms with Gasteiger partial charge in [0, 0.05) is 32.6 Å². The molecular weight excluding hydrogens is 503 g/mol. The topological polar surface area (TPSA) is 66.0 Å². The van der Waals surface area contributed by atoms with Crippen LogP contribution >= 0.6 is 24.0 Å². The molecule has 1 fully saturated rings. The molecule has 2 aromatic rings. The number of aliphatic imine (C=N–C) groups is 1. The first-order chi connectivity index (χ1) is 14.7. The van der Waals surface area contributed by atoms with Gasteiger partial charge in [0.05, 0.1) is 13.7 Å². The van der Waals surface area contributed by atoms with E-state index in [1.807, 2.05) is 29.2 Å². The lowest BCUT2D eigenvalue weighted by Crippen LogP contribution is -2.38. The van der Waals surface area contributed by atoms with Gasteiger partial charge in [-0.3, -0.25) is 4.79 Å². The molecule has 1 heterocycles. The maximum atomic E-state index is 11.9. The zero-order valence-corrected chi connectivity index (χ0v) is 20.7. The Bertz CT molecular complexity index is 872. The van der Waals surface area contributed by atoms with Crippen LogP contribution in [0.15, 0.2) is 53.5 Å². The van der Waals surface area contributed by atoms with Crippen molar-refractivity contribution in [1.29, 1.82) is 0 Å². The summed E-state index contributed by atoms with van der Waals surface area (Å²) >= 11 is 0. The third-order valence-electron chi connectivity index (χ3n) is 5.18. The molecule has 7 heteroatoms. The zero-order valence-electron chi connectivity index (χ0n) is 18.4. The maximum Gasteiger partial charge on any atom is 0.222 e. The largest absolute Gasteiger partial charge is 0.496 e. The monoisotopic (exact) mass is 536 g/mol. The molecule has 1 aliphatic rings. The van der Waals surface area contributed by atoms with Gasteiger partial charge >= 0.3 is 0 Å². The molecular formula is C24H33IN4O2. The zero-order chi connectivity index (χ0) is 21.2. The fourth-order valence-electron chi connectivity index (χ4n) is 3.66. The summed E-state index contributed by atoms with van der Waals surface area (Å²) in [7, 11) is 1.70. The van der Waals surface area contributed by atoms with Crippen LogP contribution in [0.1, 0.15) is 36.5 Å². The van der Waals surface area contributed by atoms with E-state index in [-0.39, 0.29) is 29.9 Å². The molecule has 0 spiro atoms. The smallest absolute Gasteiger partial charge is 0.222 e. The number of methoxy groups -OCH3 is 1. The van der Waals surface area contributed by atoms with Gasteiger partial charge in [0.2, 0.25) is 5.91 Å². The molecule has 168 valence electrons. The second kappa shape index (κ2) is 13.2. The standard InChI is InChI=1S/C24H32N4O2.HI/c1-3-25-24(26-14-13-21-10-4-5-11-22(21)30-2)27-17-19-8-6-9-20(16-19)18-28-15-7-12-23(28)29;/h4-6,8-11,16H,3,7,12-15,17-18H2,1-2H3,(H2,25,26,27);1H. The SMILES string of the molecule is CCNC(=NCc1cccc(CN2CCCC2=O)c1)NCCc1ccccc1OC.I. The molecule has 3 rings (SSSR count). The Hall–Kier alpha value is -2.29. The van der Waals surface area contributed by atoms with Crippen molar-refractivity contribution >= 4 is 35.8 Å². The highest BCUT2D eigenvalue weighted by Gasteiger charge is 2.19. The van der Waals surface area contributed by atoms with E-state index >= 15 is 0 Å². The number of nitrogens with zero attached hydrogens (tertiary/aromatic N) is 2. The summed E-state index contributed by atoms with van der Waals surface area (Å²) in [6.45, 7) is 5.77. The molecule has 6 nitrogen and oxygen atoms in total. The van der Waals surface area contributed by atoms with Crippen LogP contribution in [0.5, 0.6) is 5.75 Å². The average Bonchev–Trinajstić information content (AvgIpc) is 3.17. The van der Waals surface area contributed by atoms with Gasteiger partial charge in [-0.05, 0) is 42.5 Å². The second-order valence-corrected chi connectivity index (χ2v) is 7.42. The van der Waals surface area contributed by atoms with Gasteiger partial charge in [-0.25, -0.2) is 4.99 Å². The van der Waals surface area contributed by atoms with Crippen LogP contribution in [0.25, 0.3) is 0 Å². The summed E-state index contributed by atoms with van der Waals surface area (Å²) < 4.78 is 5.42. The fraction of sp³-hybridized carbons (Fsp3) is 0.417. The number of para-hydroxylation sites is 1. The highest BCUT2D eigenvalue weighted by atomic mass is 127. The Balaban J connectivity index is 0.00000341. The third kappa shape index (κ3) is 7.72. The lowest BCUT2D eigenvalue weighted by Gasteiger charge is -2.16. The van der Waals surface area contributed by atoms with Crippen LogP contribution in [0.4, 0.5) is 0 Å². The third-order valence-corrected chi connectivity index (χ3v) is 5.18. The van der Waals surface area contributed by atoms with Crippen molar-refractivity contribution in [3.05, 3.63) is 65.2 Å². The summed E-state index contributed by atoms with van der Waals surface area (Å²) in [6, 6.07) is 16.4. The van der Waals surface area contributed by atoms with E-state index < -0.39 is 0 Å². The van der Waals surface area contributed by atoms with Crippen molar-refractivity contribution < 1.29 is 9.53 Å². The molecule has 2 aromatic carbocycles. The average molecular weight is 536 g/mol. The minimum atomic E-state index is 0. The number of amides is 1. The molecule has 2 N–H and O–H groups in total. The van der Waals surface area contributed by atoms with Gasteiger partial charge in [0.25, 0.3) is 0 Å². The predicted octanol–water partition coefficient (Wildman–Crippen LogP) is 3.73. The van der Waals surface area contributed by atoms with Gasteiger partial charge in [-0.2, -0.15) is 0 Å². The molecule has 0 saturated carbocycles. The molecule has 1 aliphatic heterocycles. The minimum Gasteiger partial charge on any atom is -0.496 e. The molecule has 0 aliphatic carbocycles. The number of likely N-dealkylation sites (tertiary alicyclic amines) is 1. The van der Waals surface area contributed by atoms with Crippen molar-refractivity contribution in [3.63, 3.8) is 0 Å². The number of benzene rings is 2. The highest BCUT2D eigenvalue weighted by molar-refractivity contribution is 14.0. The van der Waals surface area contributed by atoms with Crippen LogP contribution < -0.4 is 15.4 Å². The summed E-state index contributed by atoms with van der Waals surface area (Å²) in [5.41, 5.74) is 3.47. The molecule has 31 heavy (non-hydrogen) atoms. The van der Waals surface area contributed by atoms with Crippen molar-refractivity contribution in [1.82, 2.24) is 15.5 Å².